The molecule has 0 atom stereocenters. The predicted octanol–water partition coefficient (Wildman–Crippen LogP) is 3.65. The summed E-state index contributed by atoms with van der Waals surface area (Å²) >= 11 is 12.0. The van der Waals surface area contributed by atoms with Crippen molar-refractivity contribution < 1.29 is 17.5 Å². The first-order valence-electron chi connectivity index (χ1n) is 7.88. The summed E-state index contributed by atoms with van der Waals surface area (Å²) in [6, 6.07) is 9.25. The number of hydrogen-bond donors (Lipinski definition) is 0. The van der Waals surface area contributed by atoms with E-state index in [-0.39, 0.29) is 39.6 Å². The van der Waals surface area contributed by atoms with E-state index in [2.05, 4.69) is 0 Å². The van der Waals surface area contributed by atoms with Gasteiger partial charge in [-0.25, -0.2) is 12.8 Å². The number of hydrogen-bond acceptors (Lipinski definition) is 4. The van der Waals surface area contributed by atoms with Crippen molar-refractivity contribution in [1.82, 2.24) is 4.31 Å². The van der Waals surface area contributed by atoms with Crippen molar-refractivity contribution in [2.45, 2.75) is 4.90 Å². The molecule has 9 heteroatoms. The molecular weight excluding hydrogens is 402 g/mol. The first kappa shape index (κ1) is 19.2. The summed E-state index contributed by atoms with van der Waals surface area (Å²) < 4.78 is 46.4. The van der Waals surface area contributed by atoms with Crippen LogP contribution in [0, 0.1) is 5.82 Å². The minimum atomic E-state index is -3.81. The zero-order chi connectivity index (χ0) is 18.9. The van der Waals surface area contributed by atoms with Crippen LogP contribution >= 0.6 is 23.2 Å². The molecule has 1 heterocycles. The lowest BCUT2D eigenvalue weighted by Crippen LogP contribution is -2.49. The van der Waals surface area contributed by atoms with Gasteiger partial charge >= 0.3 is 0 Å². The molecule has 5 nitrogen and oxygen atoms in total. The lowest BCUT2D eigenvalue weighted by atomic mass is 10.2. The Kier molecular flexibility index (Phi) is 5.62. The molecule has 3 rings (SSSR count). The Labute approximate surface area is 161 Å². The molecule has 140 valence electrons. The van der Waals surface area contributed by atoms with Crippen LogP contribution in [-0.4, -0.2) is 46.0 Å². The minimum Gasteiger partial charge on any atom is -0.494 e. The summed E-state index contributed by atoms with van der Waals surface area (Å²) in [4.78, 5) is 1.79. The highest BCUT2D eigenvalue weighted by Gasteiger charge is 2.32. The van der Waals surface area contributed by atoms with Crippen LogP contribution in [0.3, 0.4) is 0 Å². The number of methoxy groups -OCH3 is 1. The van der Waals surface area contributed by atoms with Crippen molar-refractivity contribution in [3.05, 3.63) is 52.3 Å². The number of halogens is 3. The molecule has 0 aliphatic carbocycles. The second-order valence-corrected chi connectivity index (χ2v) is 8.43. The Hall–Kier alpha value is -1.54. The number of benzene rings is 2. The Morgan fingerprint density at radius 1 is 1.04 bits per heavy atom. The summed E-state index contributed by atoms with van der Waals surface area (Å²) in [7, 11) is -2.47. The lowest BCUT2D eigenvalue weighted by molar-refractivity contribution is 0.373. The summed E-state index contributed by atoms with van der Waals surface area (Å²) in [6.45, 7) is 1.20. The van der Waals surface area contributed by atoms with Crippen molar-refractivity contribution in [2.75, 3.05) is 38.2 Å². The fourth-order valence-electron chi connectivity index (χ4n) is 2.92. The van der Waals surface area contributed by atoms with E-state index in [1.165, 1.54) is 29.6 Å². The SMILES string of the molecule is COc1c(S(=O)(=O)N2CCN(c3ccccc3F)CC2)ccc(Cl)c1Cl. The van der Waals surface area contributed by atoms with Crippen LogP contribution < -0.4 is 9.64 Å². The zero-order valence-electron chi connectivity index (χ0n) is 14.0. The zero-order valence-corrected chi connectivity index (χ0v) is 16.3. The summed E-state index contributed by atoms with van der Waals surface area (Å²) in [5, 5.41) is 0.270. The van der Waals surface area contributed by atoms with E-state index in [4.69, 9.17) is 27.9 Å². The molecule has 2 aromatic carbocycles. The maximum atomic E-state index is 13.9. The number of para-hydroxylation sites is 1. The molecule has 0 spiro atoms. The van der Waals surface area contributed by atoms with Gasteiger partial charge in [0.1, 0.15) is 15.7 Å². The van der Waals surface area contributed by atoms with E-state index < -0.39 is 10.0 Å². The molecule has 0 aromatic heterocycles. The van der Waals surface area contributed by atoms with Crippen LogP contribution in [0.15, 0.2) is 41.3 Å². The van der Waals surface area contributed by atoms with Gasteiger partial charge < -0.3 is 9.64 Å². The van der Waals surface area contributed by atoms with Gasteiger partial charge in [-0.05, 0) is 24.3 Å². The van der Waals surface area contributed by atoms with Crippen LogP contribution in [0.4, 0.5) is 10.1 Å². The first-order chi connectivity index (χ1) is 12.4. The lowest BCUT2D eigenvalue weighted by Gasteiger charge is -2.35. The van der Waals surface area contributed by atoms with Gasteiger partial charge in [0, 0.05) is 26.2 Å². The number of sulfonamides is 1. The monoisotopic (exact) mass is 418 g/mol. The molecule has 0 unspecified atom stereocenters. The fraction of sp³-hybridized carbons (Fsp3) is 0.294. The van der Waals surface area contributed by atoms with Gasteiger partial charge in [0.15, 0.2) is 5.75 Å². The van der Waals surface area contributed by atoms with Crippen LogP contribution in [0.5, 0.6) is 5.75 Å². The standard InChI is InChI=1S/C17H17Cl2FN2O3S/c1-25-17-15(7-6-12(18)16(17)19)26(23,24)22-10-8-21(9-11-22)14-5-3-2-4-13(14)20/h2-7H,8-11H2,1H3. The maximum absolute atomic E-state index is 13.9. The highest BCUT2D eigenvalue weighted by atomic mass is 35.5. The third-order valence-electron chi connectivity index (χ3n) is 4.27. The van der Waals surface area contributed by atoms with Crippen molar-refractivity contribution >= 4 is 38.9 Å². The van der Waals surface area contributed by atoms with Gasteiger partial charge in [-0.15, -0.1) is 0 Å². The average molecular weight is 419 g/mol. The molecule has 1 aliphatic heterocycles. The third kappa shape index (κ3) is 3.49. The smallest absolute Gasteiger partial charge is 0.246 e. The molecule has 0 saturated carbocycles. The number of piperazine rings is 1. The van der Waals surface area contributed by atoms with Gasteiger partial charge in [0.05, 0.1) is 17.8 Å². The number of rotatable bonds is 4. The molecule has 0 radical (unpaired) electrons. The van der Waals surface area contributed by atoms with Crippen LogP contribution in [0.2, 0.25) is 10.0 Å². The molecule has 0 amide bonds. The van der Waals surface area contributed by atoms with E-state index in [0.29, 0.717) is 18.8 Å². The van der Waals surface area contributed by atoms with Gasteiger partial charge in [-0.2, -0.15) is 4.31 Å². The number of anilines is 1. The summed E-state index contributed by atoms with van der Waals surface area (Å²) in [5.41, 5.74) is 0.469. The van der Waals surface area contributed by atoms with E-state index in [1.54, 1.807) is 18.2 Å². The molecule has 1 aliphatic rings. The van der Waals surface area contributed by atoms with E-state index in [9.17, 15) is 12.8 Å². The van der Waals surface area contributed by atoms with Gasteiger partial charge in [0.2, 0.25) is 10.0 Å². The van der Waals surface area contributed by atoms with Gasteiger partial charge in [-0.3, -0.25) is 0 Å². The Balaban J connectivity index is 1.83. The average Bonchev–Trinajstić information content (AvgIpc) is 2.64. The molecule has 0 bridgehead atoms. The molecule has 2 aromatic rings. The van der Waals surface area contributed by atoms with Gasteiger partial charge in [-0.1, -0.05) is 35.3 Å². The van der Waals surface area contributed by atoms with E-state index in [1.807, 2.05) is 4.90 Å². The largest absolute Gasteiger partial charge is 0.494 e. The van der Waals surface area contributed by atoms with Crippen LogP contribution in [0.25, 0.3) is 0 Å². The first-order valence-corrected chi connectivity index (χ1v) is 10.1. The fourth-order valence-corrected chi connectivity index (χ4v) is 4.95. The second-order valence-electron chi connectivity index (χ2n) is 5.74. The predicted molar refractivity (Wildman–Crippen MR) is 100 cm³/mol. The highest BCUT2D eigenvalue weighted by Crippen LogP contribution is 2.38. The second kappa shape index (κ2) is 7.60. The van der Waals surface area contributed by atoms with Crippen molar-refractivity contribution in [3.8, 4) is 5.75 Å². The molecule has 1 fully saturated rings. The Bertz CT molecular complexity index is 916. The topological polar surface area (TPSA) is 49.9 Å². The quantitative estimate of drug-likeness (QED) is 0.759. The summed E-state index contributed by atoms with van der Waals surface area (Å²) in [5.74, 6) is -0.300. The van der Waals surface area contributed by atoms with E-state index in [0.717, 1.165) is 0 Å². The molecule has 0 N–H and O–H groups in total. The number of nitrogens with zero attached hydrogens (tertiary/aromatic N) is 2. The third-order valence-corrected chi connectivity index (χ3v) is 6.98. The molecular formula is C17H17Cl2FN2O3S. The normalized spacial score (nSPS) is 15.9. The minimum absolute atomic E-state index is 0.0238. The highest BCUT2D eigenvalue weighted by molar-refractivity contribution is 7.89. The maximum Gasteiger partial charge on any atom is 0.246 e. The van der Waals surface area contributed by atoms with Crippen molar-refractivity contribution in [2.24, 2.45) is 0 Å². The van der Waals surface area contributed by atoms with Crippen molar-refractivity contribution in [1.29, 1.82) is 0 Å². The Morgan fingerprint density at radius 3 is 2.31 bits per heavy atom. The summed E-state index contributed by atoms with van der Waals surface area (Å²) in [6.07, 6.45) is 0. The molecule has 26 heavy (non-hydrogen) atoms. The van der Waals surface area contributed by atoms with Gasteiger partial charge in [0.25, 0.3) is 0 Å². The van der Waals surface area contributed by atoms with E-state index >= 15 is 0 Å². The van der Waals surface area contributed by atoms with Crippen molar-refractivity contribution in [3.63, 3.8) is 0 Å². The number of ether oxygens (including phenoxy) is 1. The Morgan fingerprint density at radius 2 is 1.69 bits per heavy atom. The van der Waals surface area contributed by atoms with Crippen LogP contribution in [0.1, 0.15) is 0 Å². The molecule has 1 saturated heterocycles. The van der Waals surface area contributed by atoms with Crippen LogP contribution in [-0.2, 0) is 10.0 Å².